The molecule has 180 valence electrons. The first-order valence-corrected chi connectivity index (χ1v) is 11.5. The van der Waals surface area contributed by atoms with Gasteiger partial charge in [-0.1, -0.05) is 18.2 Å². The molecule has 1 aliphatic rings. The van der Waals surface area contributed by atoms with Gasteiger partial charge in [-0.2, -0.15) is 13.2 Å². The number of nitrogens with zero attached hydrogens (tertiary/aromatic N) is 1. The molecule has 2 N–H and O–H groups in total. The molecule has 0 fully saturated rings. The number of hydrogen-bond acceptors (Lipinski definition) is 6. The summed E-state index contributed by atoms with van der Waals surface area (Å²) in [7, 11) is -3.87. The Morgan fingerprint density at radius 3 is 2.59 bits per heavy atom. The maximum absolute atomic E-state index is 12.7. The molecule has 12 heteroatoms. The third kappa shape index (κ3) is 7.17. The van der Waals surface area contributed by atoms with Gasteiger partial charge in [-0.05, 0) is 48.4 Å². The normalized spacial score (nSPS) is 14.0. The molecule has 0 unspecified atom stereocenters. The van der Waals surface area contributed by atoms with Crippen molar-refractivity contribution in [2.24, 2.45) is 4.99 Å². The Kier molecular flexibility index (Phi) is 7.72. The molecule has 1 aliphatic heterocycles. The fourth-order valence-electron chi connectivity index (χ4n) is 2.94. The van der Waals surface area contributed by atoms with Gasteiger partial charge < -0.3 is 10.1 Å². The minimum Gasteiger partial charge on any atom is -0.452 e. The Bertz CT molecular complexity index is 1240. The van der Waals surface area contributed by atoms with Crippen molar-refractivity contribution < 1.29 is 35.9 Å². The summed E-state index contributed by atoms with van der Waals surface area (Å²) in [5.74, 6) is -1.30. The van der Waals surface area contributed by atoms with Gasteiger partial charge in [0.1, 0.15) is 5.84 Å². The number of ether oxygens (including phenoxy) is 1. The van der Waals surface area contributed by atoms with Crippen molar-refractivity contribution in [3.63, 3.8) is 0 Å². The first-order chi connectivity index (χ1) is 16.0. The van der Waals surface area contributed by atoms with Gasteiger partial charge >= 0.3 is 12.1 Å². The molecule has 0 saturated carbocycles. The lowest BCUT2D eigenvalue weighted by Crippen LogP contribution is -2.29. The number of anilines is 1. The summed E-state index contributed by atoms with van der Waals surface area (Å²) in [4.78, 5) is 27.8. The lowest BCUT2D eigenvalue weighted by Gasteiger charge is -2.10. The molecule has 1 amide bonds. The number of amides is 1. The van der Waals surface area contributed by atoms with E-state index in [0.717, 1.165) is 30.7 Å². The maximum Gasteiger partial charge on any atom is 0.416 e. The highest BCUT2D eigenvalue weighted by atomic mass is 32.2. The topological polar surface area (TPSA) is 114 Å². The van der Waals surface area contributed by atoms with Crippen molar-refractivity contribution in [1.29, 1.82) is 0 Å². The van der Waals surface area contributed by atoms with Crippen LogP contribution in [0.15, 0.2) is 64.5 Å². The zero-order valence-corrected chi connectivity index (χ0v) is 18.4. The highest BCUT2D eigenvalue weighted by molar-refractivity contribution is 7.90. The van der Waals surface area contributed by atoms with E-state index in [1.54, 1.807) is 0 Å². The summed E-state index contributed by atoms with van der Waals surface area (Å²) in [5.41, 5.74) is -0.568. The Balaban J connectivity index is 1.53. The van der Waals surface area contributed by atoms with Crippen LogP contribution in [0.3, 0.4) is 0 Å². The molecule has 0 atom stereocenters. The fourth-order valence-corrected chi connectivity index (χ4v) is 4.08. The van der Waals surface area contributed by atoms with Gasteiger partial charge in [0.2, 0.25) is 0 Å². The van der Waals surface area contributed by atoms with Crippen LogP contribution in [0.25, 0.3) is 6.08 Å². The summed E-state index contributed by atoms with van der Waals surface area (Å²) < 4.78 is 70.3. The highest BCUT2D eigenvalue weighted by Crippen LogP contribution is 2.29. The van der Waals surface area contributed by atoms with Crippen LogP contribution in [0.4, 0.5) is 18.9 Å². The number of amidine groups is 1. The van der Waals surface area contributed by atoms with Gasteiger partial charge in [-0.15, -0.1) is 0 Å². The van der Waals surface area contributed by atoms with E-state index < -0.39 is 40.2 Å². The molecular weight excluding hydrogens is 475 g/mol. The van der Waals surface area contributed by atoms with Crippen LogP contribution < -0.4 is 10.0 Å². The monoisotopic (exact) mass is 495 g/mol. The molecule has 2 aromatic rings. The van der Waals surface area contributed by atoms with Gasteiger partial charge in [0, 0.05) is 24.7 Å². The predicted octanol–water partition coefficient (Wildman–Crippen LogP) is 3.37. The first-order valence-electron chi connectivity index (χ1n) is 10.0. The minimum absolute atomic E-state index is 0.0825. The molecule has 0 saturated heterocycles. The number of carbonyl (C=O) groups is 2. The third-order valence-electron chi connectivity index (χ3n) is 4.53. The van der Waals surface area contributed by atoms with Crippen LogP contribution in [0.5, 0.6) is 0 Å². The van der Waals surface area contributed by atoms with Crippen LogP contribution in [0.1, 0.15) is 24.0 Å². The molecule has 0 bridgehead atoms. The lowest BCUT2D eigenvalue weighted by atomic mass is 10.1. The molecule has 0 aliphatic carbocycles. The van der Waals surface area contributed by atoms with E-state index in [0.29, 0.717) is 18.8 Å². The van der Waals surface area contributed by atoms with Crippen molar-refractivity contribution in [2.75, 3.05) is 18.5 Å². The number of nitrogens with one attached hydrogen (secondary N) is 2. The van der Waals surface area contributed by atoms with Crippen molar-refractivity contribution in [3.05, 3.63) is 65.7 Å². The number of rotatable bonds is 7. The van der Waals surface area contributed by atoms with Crippen LogP contribution in [-0.2, 0) is 30.5 Å². The fraction of sp³-hybridized carbons (Fsp3) is 0.227. The second-order valence-corrected chi connectivity index (χ2v) is 8.86. The quantitative estimate of drug-likeness (QED) is 0.452. The number of sulfonamides is 1. The number of alkyl halides is 3. The highest BCUT2D eigenvalue weighted by Gasteiger charge is 2.30. The number of halogens is 3. The van der Waals surface area contributed by atoms with E-state index in [9.17, 15) is 31.2 Å². The number of hydrogen-bond donors (Lipinski definition) is 2. The first kappa shape index (κ1) is 25.0. The number of esters is 1. The molecule has 2 aromatic carbocycles. The third-order valence-corrected chi connectivity index (χ3v) is 5.90. The predicted molar refractivity (Wildman–Crippen MR) is 118 cm³/mol. The largest absolute Gasteiger partial charge is 0.452 e. The Morgan fingerprint density at radius 2 is 1.88 bits per heavy atom. The van der Waals surface area contributed by atoms with Crippen LogP contribution in [0, 0.1) is 0 Å². The van der Waals surface area contributed by atoms with E-state index in [1.165, 1.54) is 36.4 Å². The Hall–Kier alpha value is -3.67. The lowest BCUT2D eigenvalue weighted by molar-refractivity contribution is -0.142. The molecule has 0 aromatic heterocycles. The van der Waals surface area contributed by atoms with Gasteiger partial charge in [0.25, 0.3) is 15.9 Å². The van der Waals surface area contributed by atoms with Crippen molar-refractivity contribution in [2.45, 2.75) is 23.9 Å². The van der Waals surface area contributed by atoms with Gasteiger partial charge in [-0.25, -0.2) is 13.2 Å². The van der Waals surface area contributed by atoms with Crippen LogP contribution >= 0.6 is 0 Å². The summed E-state index contributed by atoms with van der Waals surface area (Å²) in [6.45, 7) is -0.125. The van der Waals surface area contributed by atoms with Gasteiger partial charge in [-0.3, -0.25) is 14.5 Å². The van der Waals surface area contributed by atoms with Crippen molar-refractivity contribution in [3.8, 4) is 0 Å². The number of carbonyl (C=O) groups excluding carboxylic acids is 2. The standard InChI is InChI=1S/C22H20F3N3O5S/c23-22(24,25)16-5-1-4-15(12-16)9-10-21(30)33-14-20(29)27-17-6-2-7-18(13-17)34(31,32)28-19-8-3-11-26-19/h1-2,4-7,9-10,12-13H,3,8,11,14H2,(H,26,28)(H,27,29)/b10-9+. The number of benzene rings is 2. The molecule has 8 nitrogen and oxygen atoms in total. The molecule has 1 heterocycles. The van der Waals surface area contributed by atoms with Gasteiger partial charge in [0.15, 0.2) is 6.61 Å². The zero-order valence-electron chi connectivity index (χ0n) is 17.6. The van der Waals surface area contributed by atoms with E-state index in [-0.39, 0.29) is 16.1 Å². The second kappa shape index (κ2) is 10.5. The Morgan fingerprint density at radius 1 is 1.12 bits per heavy atom. The second-order valence-electron chi connectivity index (χ2n) is 7.18. The average Bonchev–Trinajstić information content (AvgIpc) is 3.28. The zero-order chi connectivity index (χ0) is 24.8. The van der Waals surface area contributed by atoms with Crippen LogP contribution in [-0.4, -0.2) is 39.3 Å². The van der Waals surface area contributed by atoms with E-state index in [4.69, 9.17) is 4.74 Å². The molecular formula is C22H20F3N3O5S. The van der Waals surface area contributed by atoms with E-state index in [1.807, 2.05) is 0 Å². The summed E-state index contributed by atoms with van der Waals surface area (Å²) in [6, 6.07) is 9.83. The number of aliphatic imine (C=N–C) groups is 1. The molecule has 34 heavy (non-hydrogen) atoms. The summed E-state index contributed by atoms with van der Waals surface area (Å²) in [5, 5.41) is 2.41. The smallest absolute Gasteiger partial charge is 0.416 e. The van der Waals surface area contributed by atoms with E-state index in [2.05, 4.69) is 15.0 Å². The summed E-state index contributed by atoms with van der Waals surface area (Å²) >= 11 is 0. The molecule has 3 rings (SSSR count). The average molecular weight is 495 g/mol. The van der Waals surface area contributed by atoms with Crippen molar-refractivity contribution >= 4 is 39.5 Å². The van der Waals surface area contributed by atoms with Crippen molar-refractivity contribution in [1.82, 2.24) is 4.72 Å². The van der Waals surface area contributed by atoms with E-state index >= 15 is 0 Å². The SMILES string of the molecule is O=C(COC(=O)/C=C/c1cccc(C(F)(F)F)c1)Nc1cccc(S(=O)(=O)NC2=NCCC2)c1. The van der Waals surface area contributed by atoms with Gasteiger partial charge in [0.05, 0.1) is 10.5 Å². The maximum atomic E-state index is 12.7. The Labute approximate surface area is 193 Å². The minimum atomic E-state index is -4.51. The van der Waals surface area contributed by atoms with Crippen LogP contribution in [0.2, 0.25) is 0 Å². The summed E-state index contributed by atoms with van der Waals surface area (Å²) in [6.07, 6.45) is -1.19. The molecule has 0 spiro atoms. The molecule has 0 radical (unpaired) electrons.